The second-order valence-corrected chi connectivity index (χ2v) is 7.99. The monoisotopic (exact) mass is 393 g/mol. The molecule has 0 unspecified atom stereocenters. The molecule has 0 aliphatic carbocycles. The van der Waals surface area contributed by atoms with Gasteiger partial charge in [-0.2, -0.15) is 0 Å². The van der Waals surface area contributed by atoms with Gasteiger partial charge in [0.25, 0.3) is 0 Å². The average molecular weight is 393 g/mol. The maximum atomic E-state index is 13.1. The summed E-state index contributed by atoms with van der Waals surface area (Å²) in [6.07, 6.45) is 5.69. The number of benzene rings is 1. The topological polar surface area (TPSA) is 72.2 Å². The molecule has 0 bridgehead atoms. The molecule has 2 aromatic heterocycles. The summed E-state index contributed by atoms with van der Waals surface area (Å²) < 4.78 is 4.04. The van der Waals surface area contributed by atoms with E-state index in [0.717, 1.165) is 11.2 Å². The van der Waals surface area contributed by atoms with Crippen molar-refractivity contribution in [2.24, 2.45) is 13.0 Å². The molecular formula is C22H27N5O2. The molecule has 1 saturated heterocycles. The van der Waals surface area contributed by atoms with Crippen molar-refractivity contribution in [1.29, 1.82) is 0 Å². The number of para-hydroxylation sites is 1. The number of hydrogen-bond acceptors (Lipinski definition) is 3. The minimum Gasteiger partial charge on any atom is -0.356 e. The molecule has 0 radical (unpaired) electrons. The molecule has 7 nitrogen and oxygen atoms in total. The van der Waals surface area contributed by atoms with Gasteiger partial charge in [0.05, 0.1) is 6.33 Å². The summed E-state index contributed by atoms with van der Waals surface area (Å²) in [5.41, 5.74) is 3.35. The third-order valence-corrected chi connectivity index (χ3v) is 5.93. The highest BCUT2D eigenvalue weighted by atomic mass is 16.2. The quantitative estimate of drug-likeness (QED) is 0.721. The molecule has 7 heteroatoms. The van der Waals surface area contributed by atoms with Crippen LogP contribution in [-0.2, 0) is 23.2 Å². The molecule has 0 saturated carbocycles. The van der Waals surface area contributed by atoms with Crippen LogP contribution in [0.5, 0.6) is 0 Å². The molecule has 3 heterocycles. The van der Waals surface area contributed by atoms with E-state index in [4.69, 9.17) is 0 Å². The van der Waals surface area contributed by atoms with E-state index in [2.05, 4.69) is 29.4 Å². The van der Waals surface area contributed by atoms with E-state index in [-0.39, 0.29) is 23.7 Å². The van der Waals surface area contributed by atoms with Gasteiger partial charge in [0.15, 0.2) is 0 Å². The Morgan fingerprint density at radius 3 is 2.76 bits per heavy atom. The van der Waals surface area contributed by atoms with Crippen molar-refractivity contribution >= 4 is 22.7 Å². The number of amides is 2. The smallest absolute Gasteiger partial charge is 0.242 e. The molecule has 1 N–H and O–H groups in total. The van der Waals surface area contributed by atoms with E-state index in [0.29, 0.717) is 26.2 Å². The van der Waals surface area contributed by atoms with Crippen LogP contribution in [0.4, 0.5) is 0 Å². The maximum Gasteiger partial charge on any atom is 0.242 e. The Morgan fingerprint density at radius 1 is 1.24 bits per heavy atom. The fourth-order valence-electron chi connectivity index (χ4n) is 4.42. The Bertz CT molecular complexity index is 1050. The highest BCUT2D eigenvalue weighted by molar-refractivity contribution is 5.86. The number of aromatic nitrogens is 3. The Morgan fingerprint density at radius 2 is 2.03 bits per heavy atom. The Kier molecular flexibility index (Phi) is 5.13. The summed E-state index contributed by atoms with van der Waals surface area (Å²) in [7, 11) is 1.97. The number of imidazole rings is 1. The average Bonchev–Trinajstić information content (AvgIpc) is 3.38. The summed E-state index contributed by atoms with van der Waals surface area (Å²) in [5, 5.41) is 4.10. The van der Waals surface area contributed by atoms with Gasteiger partial charge in [-0.1, -0.05) is 18.2 Å². The van der Waals surface area contributed by atoms with Crippen LogP contribution < -0.4 is 5.32 Å². The summed E-state index contributed by atoms with van der Waals surface area (Å²) in [6.45, 7) is 5.74. The van der Waals surface area contributed by atoms with Gasteiger partial charge in [-0.3, -0.25) is 9.59 Å². The minimum absolute atomic E-state index is 0.0483. The van der Waals surface area contributed by atoms with Crippen LogP contribution >= 0.6 is 0 Å². The van der Waals surface area contributed by atoms with Crippen molar-refractivity contribution in [2.75, 3.05) is 19.6 Å². The number of likely N-dealkylation sites (tertiary alicyclic amines) is 1. The number of nitrogens with one attached hydrogen (secondary N) is 1. The first-order valence-corrected chi connectivity index (χ1v) is 9.97. The van der Waals surface area contributed by atoms with Crippen LogP contribution in [0.3, 0.4) is 0 Å². The van der Waals surface area contributed by atoms with Gasteiger partial charge in [-0.25, -0.2) is 4.98 Å². The zero-order chi connectivity index (χ0) is 20.5. The van der Waals surface area contributed by atoms with Crippen molar-refractivity contribution < 1.29 is 9.59 Å². The number of fused-ring (bicyclic) bond motifs is 1. The predicted octanol–water partition coefficient (Wildman–Crippen LogP) is 2.06. The van der Waals surface area contributed by atoms with Crippen LogP contribution in [-0.4, -0.2) is 50.5 Å². The first-order valence-electron chi connectivity index (χ1n) is 9.97. The molecule has 0 spiro atoms. The van der Waals surface area contributed by atoms with E-state index in [9.17, 15) is 9.59 Å². The molecule has 2 atom stereocenters. The number of hydrogen-bond donors (Lipinski definition) is 1. The van der Waals surface area contributed by atoms with Gasteiger partial charge in [0, 0.05) is 74.4 Å². The lowest BCUT2D eigenvalue weighted by Gasteiger charge is -2.18. The third-order valence-electron chi connectivity index (χ3n) is 5.93. The van der Waals surface area contributed by atoms with E-state index in [1.165, 1.54) is 17.9 Å². The van der Waals surface area contributed by atoms with E-state index < -0.39 is 0 Å². The number of carbonyl (C=O) groups excluding carboxylic acids is 2. The molecule has 3 aromatic rings. The highest BCUT2D eigenvalue weighted by Gasteiger charge is 2.37. The summed E-state index contributed by atoms with van der Waals surface area (Å²) >= 11 is 0. The molecule has 1 aliphatic heterocycles. The number of aryl methyl sites for hydroxylation is 2. The molecule has 1 aromatic carbocycles. The largest absolute Gasteiger partial charge is 0.356 e. The SMILES string of the molecule is CC(=O)NC[C@@H]1CN(C(=O)Cn2cc(C)c3ccccc32)C[C@H]1c1cncn1C. The summed E-state index contributed by atoms with van der Waals surface area (Å²) in [4.78, 5) is 30.7. The molecule has 2 amide bonds. The van der Waals surface area contributed by atoms with Crippen LogP contribution in [0.2, 0.25) is 0 Å². The second-order valence-electron chi connectivity index (χ2n) is 7.99. The van der Waals surface area contributed by atoms with Gasteiger partial charge in [-0.05, 0) is 18.6 Å². The van der Waals surface area contributed by atoms with Crippen LogP contribution in [0.25, 0.3) is 10.9 Å². The zero-order valence-electron chi connectivity index (χ0n) is 17.1. The molecule has 1 aliphatic rings. The highest BCUT2D eigenvalue weighted by Crippen LogP contribution is 2.32. The molecular weight excluding hydrogens is 366 g/mol. The zero-order valence-corrected chi connectivity index (χ0v) is 17.1. The van der Waals surface area contributed by atoms with Crippen LogP contribution in [0.15, 0.2) is 43.0 Å². The van der Waals surface area contributed by atoms with Crippen LogP contribution in [0.1, 0.15) is 24.1 Å². The maximum absolute atomic E-state index is 13.1. The standard InChI is InChI=1S/C22H27N5O2/c1-15-10-26(20-7-5-4-6-18(15)20)13-22(29)27-11-17(8-24-16(2)28)19(12-27)21-9-23-14-25(21)3/h4-7,9-10,14,17,19H,8,11-13H2,1-3H3,(H,24,28)/t17-,19-/m1/s1. The molecule has 29 heavy (non-hydrogen) atoms. The van der Waals surface area contributed by atoms with Gasteiger partial charge < -0.3 is 19.4 Å². The van der Waals surface area contributed by atoms with Crippen molar-refractivity contribution in [3.63, 3.8) is 0 Å². The molecule has 152 valence electrons. The van der Waals surface area contributed by atoms with E-state index in [1.807, 2.05) is 45.6 Å². The molecule has 1 fully saturated rings. The number of carbonyl (C=O) groups is 2. The first-order chi connectivity index (χ1) is 13.9. The second kappa shape index (κ2) is 7.73. The van der Waals surface area contributed by atoms with Crippen molar-refractivity contribution in [1.82, 2.24) is 24.3 Å². The lowest BCUT2D eigenvalue weighted by atomic mass is 9.93. The van der Waals surface area contributed by atoms with Crippen molar-refractivity contribution in [3.8, 4) is 0 Å². The Hall–Kier alpha value is -3.09. The number of nitrogens with zero attached hydrogens (tertiary/aromatic N) is 4. The van der Waals surface area contributed by atoms with Crippen LogP contribution in [0, 0.1) is 12.8 Å². The lowest BCUT2D eigenvalue weighted by molar-refractivity contribution is -0.130. The fourth-order valence-corrected chi connectivity index (χ4v) is 4.42. The van der Waals surface area contributed by atoms with Gasteiger partial charge >= 0.3 is 0 Å². The Balaban J connectivity index is 1.53. The Labute approximate surface area is 170 Å². The first kappa shape index (κ1) is 19.2. The summed E-state index contributed by atoms with van der Waals surface area (Å²) in [5.74, 6) is 0.374. The van der Waals surface area contributed by atoms with E-state index in [1.54, 1.807) is 6.33 Å². The van der Waals surface area contributed by atoms with Crippen molar-refractivity contribution in [3.05, 3.63) is 54.2 Å². The predicted molar refractivity (Wildman–Crippen MR) is 111 cm³/mol. The molecule has 4 rings (SSSR count). The van der Waals surface area contributed by atoms with E-state index >= 15 is 0 Å². The van der Waals surface area contributed by atoms with Gasteiger partial charge in [0.2, 0.25) is 11.8 Å². The minimum atomic E-state index is -0.0483. The normalized spacial score (nSPS) is 19.1. The van der Waals surface area contributed by atoms with Gasteiger partial charge in [0.1, 0.15) is 6.54 Å². The third kappa shape index (κ3) is 3.77. The van der Waals surface area contributed by atoms with Gasteiger partial charge in [-0.15, -0.1) is 0 Å². The summed E-state index contributed by atoms with van der Waals surface area (Å²) in [6, 6.07) is 8.16. The van der Waals surface area contributed by atoms with Crippen molar-refractivity contribution in [2.45, 2.75) is 26.3 Å². The number of rotatable bonds is 5. The lowest BCUT2D eigenvalue weighted by Crippen LogP contribution is -2.34. The fraction of sp³-hybridized carbons (Fsp3) is 0.409.